The predicted molar refractivity (Wildman–Crippen MR) is 79.3 cm³/mol. The first kappa shape index (κ1) is 13.3. The maximum atomic E-state index is 11.8. The van der Waals surface area contributed by atoms with Crippen LogP contribution in [-0.4, -0.2) is 24.6 Å². The Kier molecular flexibility index (Phi) is 3.83. The van der Waals surface area contributed by atoms with Gasteiger partial charge in [0.05, 0.1) is 5.69 Å². The van der Waals surface area contributed by atoms with Crippen molar-refractivity contribution in [3.05, 3.63) is 39.5 Å². The molecule has 0 atom stereocenters. The molecule has 0 saturated carbocycles. The fourth-order valence-corrected chi connectivity index (χ4v) is 3.24. The van der Waals surface area contributed by atoms with Crippen molar-refractivity contribution < 1.29 is 0 Å². The lowest BCUT2D eigenvalue weighted by molar-refractivity contribution is 0.840. The monoisotopic (exact) mass is 307 g/mol. The van der Waals surface area contributed by atoms with E-state index >= 15 is 0 Å². The summed E-state index contributed by atoms with van der Waals surface area (Å²) < 4.78 is 1.55. The summed E-state index contributed by atoms with van der Waals surface area (Å²) >= 11 is 2.93. The van der Waals surface area contributed by atoms with E-state index in [9.17, 15) is 4.79 Å². The Morgan fingerprint density at radius 2 is 2.35 bits per heavy atom. The number of nitrogens with one attached hydrogen (secondary N) is 1. The SMILES string of the molecule is CCCc1nc(SCc2cc(=O)n3ccsc3n2)n[nH]1. The molecule has 0 bridgehead atoms. The molecule has 3 aromatic heterocycles. The number of aryl methyl sites for hydroxylation is 1. The van der Waals surface area contributed by atoms with E-state index in [4.69, 9.17) is 0 Å². The number of rotatable bonds is 5. The second-order valence-corrected chi connectivity index (χ2v) is 6.06. The molecule has 104 valence electrons. The summed E-state index contributed by atoms with van der Waals surface area (Å²) in [5.74, 6) is 1.49. The Morgan fingerprint density at radius 1 is 1.45 bits per heavy atom. The molecule has 0 aliphatic rings. The maximum absolute atomic E-state index is 11.8. The Bertz CT molecular complexity index is 775. The van der Waals surface area contributed by atoms with E-state index in [-0.39, 0.29) is 5.56 Å². The zero-order valence-electron chi connectivity index (χ0n) is 10.9. The third kappa shape index (κ3) is 2.75. The van der Waals surface area contributed by atoms with E-state index in [0.717, 1.165) is 29.3 Å². The molecule has 3 rings (SSSR count). The van der Waals surface area contributed by atoms with Crippen molar-refractivity contribution in [2.24, 2.45) is 0 Å². The first-order chi connectivity index (χ1) is 9.76. The number of hydrogen-bond donors (Lipinski definition) is 1. The van der Waals surface area contributed by atoms with Gasteiger partial charge in [0.2, 0.25) is 5.16 Å². The van der Waals surface area contributed by atoms with Crippen LogP contribution in [0.15, 0.2) is 27.6 Å². The summed E-state index contributed by atoms with van der Waals surface area (Å²) in [6.45, 7) is 2.10. The Labute approximate surface area is 123 Å². The van der Waals surface area contributed by atoms with Crippen molar-refractivity contribution in [1.29, 1.82) is 0 Å². The van der Waals surface area contributed by atoms with Crippen LogP contribution in [0.2, 0.25) is 0 Å². The van der Waals surface area contributed by atoms with E-state index in [1.807, 2.05) is 5.38 Å². The third-order valence-electron chi connectivity index (χ3n) is 2.70. The number of thiazole rings is 1. The minimum atomic E-state index is -0.0477. The van der Waals surface area contributed by atoms with Crippen LogP contribution in [0.3, 0.4) is 0 Å². The minimum absolute atomic E-state index is 0.0477. The molecule has 0 saturated heterocycles. The summed E-state index contributed by atoms with van der Waals surface area (Å²) in [7, 11) is 0. The van der Waals surface area contributed by atoms with Crippen LogP contribution in [0.5, 0.6) is 0 Å². The van der Waals surface area contributed by atoms with Gasteiger partial charge in [-0.2, -0.15) is 0 Å². The maximum Gasteiger partial charge on any atom is 0.258 e. The molecule has 0 unspecified atom stereocenters. The van der Waals surface area contributed by atoms with Crippen molar-refractivity contribution in [3.63, 3.8) is 0 Å². The molecule has 0 fully saturated rings. The lowest BCUT2D eigenvalue weighted by Gasteiger charge is -1.98. The largest absolute Gasteiger partial charge is 0.269 e. The van der Waals surface area contributed by atoms with Gasteiger partial charge in [0.25, 0.3) is 5.56 Å². The van der Waals surface area contributed by atoms with Crippen LogP contribution in [0.25, 0.3) is 4.96 Å². The fraction of sp³-hybridized carbons (Fsp3) is 0.333. The highest BCUT2D eigenvalue weighted by molar-refractivity contribution is 7.98. The van der Waals surface area contributed by atoms with E-state index in [2.05, 4.69) is 27.1 Å². The molecule has 0 spiro atoms. The van der Waals surface area contributed by atoms with Gasteiger partial charge in [-0.05, 0) is 6.42 Å². The molecule has 1 N–H and O–H groups in total. The van der Waals surface area contributed by atoms with Crippen LogP contribution in [0.1, 0.15) is 24.9 Å². The lowest BCUT2D eigenvalue weighted by atomic mass is 10.3. The fourth-order valence-electron chi connectivity index (χ4n) is 1.79. The van der Waals surface area contributed by atoms with E-state index < -0.39 is 0 Å². The Hall–Kier alpha value is -1.67. The highest BCUT2D eigenvalue weighted by Crippen LogP contribution is 2.18. The van der Waals surface area contributed by atoms with Gasteiger partial charge >= 0.3 is 0 Å². The quantitative estimate of drug-likeness (QED) is 0.731. The normalized spacial score (nSPS) is 11.2. The summed E-state index contributed by atoms with van der Waals surface area (Å²) in [6.07, 6.45) is 3.67. The lowest BCUT2D eigenvalue weighted by Crippen LogP contribution is -2.12. The molecule has 0 amide bonds. The van der Waals surface area contributed by atoms with Crippen LogP contribution >= 0.6 is 23.1 Å². The Balaban J connectivity index is 1.74. The molecule has 0 aromatic carbocycles. The molecule has 3 heterocycles. The van der Waals surface area contributed by atoms with Gasteiger partial charge in [0, 0.05) is 29.8 Å². The van der Waals surface area contributed by atoms with Crippen LogP contribution in [0.4, 0.5) is 0 Å². The summed E-state index contributed by atoms with van der Waals surface area (Å²) in [5, 5.41) is 9.61. The number of fused-ring (bicyclic) bond motifs is 1. The van der Waals surface area contributed by atoms with Crippen molar-refractivity contribution in [2.45, 2.75) is 30.7 Å². The highest BCUT2D eigenvalue weighted by atomic mass is 32.2. The van der Waals surface area contributed by atoms with E-state index in [0.29, 0.717) is 10.9 Å². The average Bonchev–Trinajstić information content (AvgIpc) is 3.06. The second kappa shape index (κ2) is 5.76. The third-order valence-corrected chi connectivity index (χ3v) is 4.34. The number of thioether (sulfide) groups is 1. The van der Waals surface area contributed by atoms with Gasteiger partial charge < -0.3 is 0 Å². The van der Waals surface area contributed by atoms with Gasteiger partial charge in [-0.25, -0.2) is 9.97 Å². The topological polar surface area (TPSA) is 75.9 Å². The summed E-state index contributed by atoms with van der Waals surface area (Å²) in [5.41, 5.74) is 0.706. The molecule has 0 aliphatic heterocycles. The van der Waals surface area contributed by atoms with Crippen LogP contribution in [-0.2, 0) is 12.2 Å². The number of aromatic amines is 1. The zero-order chi connectivity index (χ0) is 13.9. The van der Waals surface area contributed by atoms with Gasteiger partial charge in [-0.15, -0.1) is 16.4 Å². The molecule has 0 aliphatic carbocycles. The van der Waals surface area contributed by atoms with Crippen molar-refractivity contribution in [1.82, 2.24) is 24.6 Å². The van der Waals surface area contributed by atoms with E-state index in [1.165, 1.54) is 23.1 Å². The molecular formula is C12H13N5OS2. The summed E-state index contributed by atoms with van der Waals surface area (Å²) in [4.78, 5) is 21.4. The van der Waals surface area contributed by atoms with Gasteiger partial charge in [0.1, 0.15) is 5.82 Å². The van der Waals surface area contributed by atoms with Crippen molar-refractivity contribution in [3.8, 4) is 0 Å². The first-order valence-corrected chi connectivity index (χ1v) is 8.12. The minimum Gasteiger partial charge on any atom is -0.269 e. The van der Waals surface area contributed by atoms with Gasteiger partial charge in [0.15, 0.2) is 4.96 Å². The standard InChI is InChI=1S/C12H13N5OS2/c1-2-3-9-14-11(16-15-9)20-7-8-6-10(18)17-4-5-19-12(17)13-8/h4-6H,2-3,7H2,1H3,(H,14,15,16). The smallest absolute Gasteiger partial charge is 0.258 e. The molecule has 3 aromatic rings. The second-order valence-electron chi connectivity index (χ2n) is 4.24. The molecule has 20 heavy (non-hydrogen) atoms. The van der Waals surface area contributed by atoms with E-state index in [1.54, 1.807) is 16.7 Å². The van der Waals surface area contributed by atoms with Crippen molar-refractivity contribution >= 4 is 28.1 Å². The van der Waals surface area contributed by atoms with Crippen molar-refractivity contribution in [2.75, 3.05) is 0 Å². The first-order valence-electron chi connectivity index (χ1n) is 6.26. The molecule has 6 nitrogen and oxygen atoms in total. The van der Waals surface area contributed by atoms with Crippen LogP contribution in [0, 0.1) is 0 Å². The zero-order valence-corrected chi connectivity index (χ0v) is 12.5. The predicted octanol–water partition coefficient (Wildman–Crippen LogP) is 2.12. The number of H-pyrrole nitrogens is 1. The number of nitrogens with zero attached hydrogens (tertiary/aromatic N) is 4. The highest BCUT2D eigenvalue weighted by Gasteiger charge is 2.07. The number of aromatic nitrogens is 5. The average molecular weight is 307 g/mol. The molecular weight excluding hydrogens is 294 g/mol. The molecule has 0 radical (unpaired) electrons. The van der Waals surface area contributed by atoms with Gasteiger partial charge in [-0.1, -0.05) is 18.7 Å². The van der Waals surface area contributed by atoms with Gasteiger partial charge in [-0.3, -0.25) is 14.3 Å². The van der Waals surface area contributed by atoms with Crippen LogP contribution < -0.4 is 5.56 Å². The summed E-state index contributed by atoms with van der Waals surface area (Å²) in [6, 6.07) is 1.56. The number of hydrogen-bond acceptors (Lipinski definition) is 6. The molecule has 8 heteroatoms. The Morgan fingerprint density at radius 3 is 3.20 bits per heavy atom.